The van der Waals surface area contributed by atoms with E-state index in [9.17, 15) is 9.18 Å². The third-order valence-corrected chi connectivity index (χ3v) is 3.49. The van der Waals surface area contributed by atoms with E-state index in [-0.39, 0.29) is 5.91 Å². The van der Waals surface area contributed by atoms with Gasteiger partial charge in [0.1, 0.15) is 11.6 Å². The van der Waals surface area contributed by atoms with Crippen LogP contribution in [0, 0.1) is 5.82 Å². The van der Waals surface area contributed by atoms with Crippen LogP contribution in [0.25, 0.3) is 0 Å². The Morgan fingerprint density at radius 2 is 1.90 bits per heavy atom. The summed E-state index contributed by atoms with van der Waals surface area (Å²) in [7, 11) is 3.29. The van der Waals surface area contributed by atoms with E-state index in [1.165, 1.54) is 12.1 Å². The van der Waals surface area contributed by atoms with Crippen LogP contribution in [0.3, 0.4) is 0 Å². The Morgan fingerprint density at radius 3 is 2.48 bits per heavy atom. The van der Waals surface area contributed by atoms with Crippen molar-refractivity contribution < 1.29 is 13.9 Å². The first-order chi connectivity index (χ1) is 9.99. The zero-order valence-electron chi connectivity index (χ0n) is 11.8. The first kappa shape index (κ1) is 15.5. The third-order valence-electron chi connectivity index (χ3n) is 3.04. The van der Waals surface area contributed by atoms with E-state index in [0.29, 0.717) is 16.6 Å². The van der Waals surface area contributed by atoms with Crippen molar-refractivity contribution in [2.75, 3.05) is 14.2 Å². The van der Waals surface area contributed by atoms with Crippen LogP contribution in [0.4, 0.5) is 4.39 Å². The van der Waals surface area contributed by atoms with Crippen LogP contribution in [0.2, 0.25) is 0 Å². The van der Waals surface area contributed by atoms with Gasteiger partial charge in [0.25, 0.3) is 5.91 Å². The lowest BCUT2D eigenvalue weighted by Crippen LogP contribution is -2.26. The second kappa shape index (κ2) is 6.72. The van der Waals surface area contributed by atoms with Crippen LogP contribution < -0.4 is 4.74 Å². The Bertz CT molecular complexity index is 623. The molecule has 110 valence electrons. The molecule has 0 heterocycles. The van der Waals surface area contributed by atoms with Gasteiger partial charge in [0.05, 0.1) is 7.11 Å². The van der Waals surface area contributed by atoms with Crippen LogP contribution in [-0.2, 0) is 6.54 Å². The Kier molecular flexibility index (Phi) is 4.96. The molecule has 0 N–H and O–H groups in total. The Labute approximate surface area is 131 Å². The van der Waals surface area contributed by atoms with Crippen LogP contribution in [0.15, 0.2) is 46.9 Å². The maximum absolute atomic E-state index is 13.3. The van der Waals surface area contributed by atoms with Crippen molar-refractivity contribution in [3.8, 4) is 5.75 Å². The van der Waals surface area contributed by atoms with Gasteiger partial charge in [0, 0.05) is 23.6 Å². The van der Waals surface area contributed by atoms with Crippen LogP contribution >= 0.6 is 15.9 Å². The number of nitrogens with zero attached hydrogens (tertiary/aromatic N) is 1. The maximum atomic E-state index is 13.3. The molecular formula is C16H15BrFNO2. The SMILES string of the molecule is COc1ccc(CN(C)C(=O)c2cc(F)cc(Br)c2)cc1. The van der Waals surface area contributed by atoms with Crippen molar-refractivity contribution in [3.63, 3.8) is 0 Å². The van der Waals surface area contributed by atoms with Crippen LogP contribution in [0.5, 0.6) is 5.75 Å². The third kappa shape index (κ3) is 4.04. The highest BCUT2D eigenvalue weighted by atomic mass is 79.9. The molecule has 0 aromatic heterocycles. The topological polar surface area (TPSA) is 29.5 Å². The van der Waals surface area contributed by atoms with Crippen molar-refractivity contribution in [1.29, 1.82) is 0 Å². The van der Waals surface area contributed by atoms with Crippen molar-refractivity contribution in [2.45, 2.75) is 6.54 Å². The predicted octanol–water partition coefficient (Wildman–Crippen LogP) is 3.87. The number of benzene rings is 2. The summed E-state index contributed by atoms with van der Waals surface area (Å²) in [4.78, 5) is 13.8. The van der Waals surface area contributed by atoms with E-state index in [1.807, 2.05) is 24.3 Å². The minimum absolute atomic E-state index is 0.231. The number of hydrogen-bond acceptors (Lipinski definition) is 2. The lowest BCUT2D eigenvalue weighted by molar-refractivity contribution is 0.0784. The van der Waals surface area contributed by atoms with E-state index in [2.05, 4.69) is 15.9 Å². The molecule has 0 aliphatic rings. The number of ether oxygens (including phenoxy) is 1. The first-order valence-corrected chi connectivity index (χ1v) is 7.13. The molecule has 0 spiro atoms. The normalized spacial score (nSPS) is 10.3. The molecule has 1 amide bonds. The number of rotatable bonds is 4. The van der Waals surface area contributed by atoms with Gasteiger partial charge in [-0.15, -0.1) is 0 Å². The summed E-state index contributed by atoms with van der Waals surface area (Å²) in [5.74, 6) is 0.0957. The average molecular weight is 352 g/mol. The molecule has 5 heteroatoms. The van der Waals surface area contributed by atoms with Gasteiger partial charge >= 0.3 is 0 Å². The molecule has 0 aliphatic carbocycles. The van der Waals surface area contributed by atoms with Gasteiger partial charge < -0.3 is 9.64 Å². The number of carbonyl (C=O) groups is 1. The molecule has 0 bridgehead atoms. The monoisotopic (exact) mass is 351 g/mol. The number of hydrogen-bond donors (Lipinski definition) is 0. The lowest BCUT2D eigenvalue weighted by Gasteiger charge is -2.17. The zero-order valence-corrected chi connectivity index (χ0v) is 13.4. The van der Waals surface area contributed by atoms with Crippen molar-refractivity contribution in [2.24, 2.45) is 0 Å². The number of halogens is 2. The van der Waals surface area contributed by atoms with Gasteiger partial charge in [-0.2, -0.15) is 0 Å². The molecule has 2 rings (SSSR count). The van der Waals surface area contributed by atoms with E-state index < -0.39 is 5.82 Å². The maximum Gasteiger partial charge on any atom is 0.254 e. The first-order valence-electron chi connectivity index (χ1n) is 6.34. The van der Waals surface area contributed by atoms with E-state index in [0.717, 1.165) is 11.3 Å². The molecule has 2 aromatic carbocycles. The molecular weight excluding hydrogens is 337 g/mol. The molecule has 2 aromatic rings. The van der Waals surface area contributed by atoms with Gasteiger partial charge in [0.2, 0.25) is 0 Å². The lowest BCUT2D eigenvalue weighted by atomic mass is 10.1. The molecule has 3 nitrogen and oxygen atoms in total. The molecule has 0 atom stereocenters. The molecule has 0 fully saturated rings. The second-order valence-electron chi connectivity index (χ2n) is 4.67. The summed E-state index contributed by atoms with van der Waals surface area (Å²) < 4.78 is 19.0. The predicted molar refractivity (Wildman–Crippen MR) is 82.9 cm³/mol. The number of carbonyl (C=O) groups excluding carboxylic acids is 1. The summed E-state index contributed by atoms with van der Waals surface area (Å²) in [6.45, 7) is 0.441. The van der Waals surface area contributed by atoms with Gasteiger partial charge in [-0.25, -0.2) is 4.39 Å². The molecule has 0 aliphatic heterocycles. The highest BCUT2D eigenvalue weighted by Gasteiger charge is 2.13. The summed E-state index contributed by atoms with van der Waals surface area (Å²) in [5.41, 5.74) is 1.29. The smallest absolute Gasteiger partial charge is 0.254 e. The van der Waals surface area contributed by atoms with Gasteiger partial charge in [-0.1, -0.05) is 28.1 Å². The molecule has 0 saturated carbocycles. The molecule has 0 saturated heterocycles. The van der Waals surface area contributed by atoms with Gasteiger partial charge in [-0.3, -0.25) is 4.79 Å². The van der Waals surface area contributed by atoms with Crippen LogP contribution in [-0.4, -0.2) is 25.0 Å². The fraction of sp³-hybridized carbons (Fsp3) is 0.188. The summed E-state index contributed by atoms with van der Waals surface area (Å²) >= 11 is 3.19. The van der Waals surface area contributed by atoms with Crippen LogP contribution in [0.1, 0.15) is 15.9 Å². The molecule has 21 heavy (non-hydrogen) atoms. The number of amides is 1. The highest BCUT2D eigenvalue weighted by molar-refractivity contribution is 9.10. The quantitative estimate of drug-likeness (QED) is 0.836. The van der Waals surface area contributed by atoms with Gasteiger partial charge in [0.15, 0.2) is 0 Å². The fourth-order valence-electron chi connectivity index (χ4n) is 1.97. The Hall–Kier alpha value is -1.88. The highest BCUT2D eigenvalue weighted by Crippen LogP contribution is 2.18. The average Bonchev–Trinajstić information content (AvgIpc) is 2.46. The van der Waals surface area contributed by atoms with Crippen molar-refractivity contribution >= 4 is 21.8 Å². The fourth-order valence-corrected chi connectivity index (χ4v) is 2.44. The van der Waals surface area contributed by atoms with Gasteiger partial charge in [-0.05, 0) is 35.9 Å². The Morgan fingerprint density at radius 1 is 1.24 bits per heavy atom. The summed E-state index contributed by atoms with van der Waals surface area (Å²) in [6, 6.07) is 11.6. The van der Waals surface area contributed by atoms with E-state index in [1.54, 1.807) is 25.1 Å². The van der Waals surface area contributed by atoms with Crippen molar-refractivity contribution in [3.05, 3.63) is 63.9 Å². The zero-order chi connectivity index (χ0) is 15.4. The minimum Gasteiger partial charge on any atom is -0.497 e. The van der Waals surface area contributed by atoms with E-state index in [4.69, 9.17) is 4.74 Å². The molecule has 0 unspecified atom stereocenters. The number of methoxy groups -OCH3 is 1. The summed E-state index contributed by atoms with van der Waals surface area (Å²) in [5, 5.41) is 0. The molecule has 0 radical (unpaired) electrons. The van der Waals surface area contributed by atoms with Crippen molar-refractivity contribution in [1.82, 2.24) is 4.90 Å². The summed E-state index contributed by atoms with van der Waals surface area (Å²) in [6.07, 6.45) is 0. The second-order valence-corrected chi connectivity index (χ2v) is 5.58. The standard InChI is InChI=1S/C16H15BrFNO2/c1-19(10-11-3-5-15(21-2)6-4-11)16(20)12-7-13(17)9-14(18)8-12/h3-9H,10H2,1-2H3. The van der Waals surface area contributed by atoms with E-state index >= 15 is 0 Å². The largest absolute Gasteiger partial charge is 0.497 e. The Balaban J connectivity index is 2.11. The minimum atomic E-state index is -0.439.